The lowest BCUT2D eigenvalue weighted by molar-refractivity contribution is -0.136. The fraction of sp³-hybridized carbons (Fsp3) is 0.923. The Labute approximate surface area is 104 Å². The normalized spacial score (nSPS) is 29.6. The Balaban J connectivity index is 1.87. The summed E-state index contributed by atoms with van der Waals surface area (Å²) in [5.74, 6) is 0.756. The summed E-state index contributed by atoms with van der Waals surface area (Å²) in [5, 5.41) is 0. The maximum atomic E-state index is 12.2. The first-order valence-corrected chi connectivity index (χ1v) is 6.56. The summed E-state index contributed by atoms with van der Waals surface area (Å²) in [6.45, 7) is 8.67. The number of carbonyl (C=O) groups excluding carboxylic acids is 1. The number of amides is 1. The summed E-state index contributed by atoms with van der Waals surface area (Å²) in [7, 11) is 2.13. The van der Waals surface area contributed by atoms with Crippen LogP contribution in [0.4, 0.5) is 0 Å². The van der Waals surface area contributed by atoms with Crippen molar-refractivity contribution in [2.45, 2.75) is 32.2 Å². The fourth-order valence-corrected chi connectivity index (χ4v) is 2.57. The highest BCUT2D eigenvalue weighted by atomic mass is 16.5. The SMILES string of the molecule is CN1CCN(C(=O)CC2CCOC2)CC1(C)C. The van der Waals surface area contributed by atoms with E-state index in [4.69, 9.17) is 4.74 Å². The molecule has 0 aromatic heterocycles. The van der Waals surface area contributed by atoms with Gasteiger partial charge in [0.25, 0.3) is 0 Å². The van der Waals surface area contributed by atoms with Crippen molar-refractivity contribution < 1.29 is 9.53 Å². The van der Waals surface area contributed by atoms with Crippen LogP contribution in [-0.2, 0) is 9.53 Å². The second-order valence-electron chi connectivity index (χ2n) is 5.98. The van der Waals surface area contributed by atoms with Crippen LogP contribution >= 0.6 is 0 Å². The molecule has 0 spiro atoms. The smallest absolute Gasteiger partial charge is 0.223 e. The number of likely N-dealkylation sites (N-methyl/N-ethyl adjacent to an activating group) is 1. The first-order valence-electron chi connectivity index (χ1n) is 6.56. The topological polar surface area (TPSA) is 32.8 Å². The molecule has 0 saturated carbocycles. The lowest BCUT2D eigenvalue weighted by Crippen LogP contribution is -2.59. The molecule has 1 amide bonds. The summed E-state index contributed by atoms with van der Waals surface area (Å²) in [6, 6.07) is 0. The third-order valence-corrected chi connectivity index (χ3v) is 4.16. The van der Waals surface area contributed by atoms with Gasteiger partial charge in [-0.3, -0.25) is 9.69 Å². The lowest BCUT2D eigenvalue weighted by atomic mass is 9.98. The molecule has 0 bridgehead atoms. The maximum Gasteiger partial charge on any atom is 0.223 e. The Kier molecular flexibility index (Phi) is 3.73. The third kappa shape index (κ3) is 2.99. The first kappa shape index (κ1) is 12.8. The van der Waals surface area contributed by atoms with E-state index >= 15 is 0 Å². The number of nitrogens with zero attached hydrogens (tertiary/aromatic N) is 2. The van der Waals surface area contributed by atoms with Crippen LogP contribution in [-0.4, -0.2) is 61.1 Å². The molecule has 0 aromatic carbocycles. The molecule has 4 heteroatoms. The van der Waals surface area contributed by atoms with E-state index in [1.54, 1.807) is 0 Å². The minimum absolute atomic E-state index is 0.0973. The standard InChI is InChI=1S/C13H24N2O2/c1-13(2)10-15(6-5-14(13)3)12(16)8-11-4-7-17-9-11/h11H,4-10H2,1-3H3. The number of ether oxygens (including phenoxy) is 1. The molecule has 2 fully saturated rings. The number of hydrogen-bond acceptors (Lipinski definition) is 3. The predicted molar refractivity (Wildman–Crippen MR) is 66.8 cm³/mol. The molecule has 2 saturated heterocycles. The van der Waals surface area contributed by atoms with Crippen LogP contribution in [0.3, 0.4) is 0 Å². The van der Waals surface area contributed by atoms with Gasteiger partial charge in [-0.1, -0.05) is 0 Å². The quantitative estimate of drug-likeness (QED) is 0.721. The Bertz CT molecular complexity index is 285. The molecule has 17 heavy (non-hydrogen) atoms. The van der Waals surface area contributed by atoms with E-state index in [9.17, 15) is 4.79 Å². The van der Waals surface area contributed by atoms with Gasteiger partial charge in [-0.05, 0) is 33.2 Å². The minimum atomic E-state index is 0.0973. The molecule has 2 heterocycles. The molecule has 2 aliphatic rings. The maximum absolute atomic E-state index is 12.2. The van der Waals surface area contributed by atoms with Gasteiger partial charge >= 0.3 is 0 Å². The Morgan fingerprint density at radius 1 is 1.41 bits per heavy atom. The van der Waals surface area contributed by atoms with Crippen molar-refractivity contribution in [3.63, 3.8) is 0 Å². The summed E-state index contributed by atoms with van der Waals surface area (Å²) >= 11 is 0. The van der Waals surface area contributed by atoms with E-state index in [1.807, 2.05) is 4.90 Å². The molecule has 0 aliphatic carbocycles. The zero-order valence-corrected chi connectivity index (χ0v) is 11.2. The summed E-state index contributed by atoms with van der Waals surface area (Å²) in [4.78, 5) is 16.6. The average molecular weight is 240 g/mol. The van der Waals surface area contributed by atoms with E-state index in [2.05, 4.69) is 25.8 Å². The Hall–Kier alpha value is -0.610. The minimum Gasteiger partial charge on any atom is -0.381 e. The Morgan fingerprint density at radius 3 is 2.76 bits per heavy atom. The summed E-state index contributed by atoms with van der Waals surface area (Å²) in [5.41, 5.74) is 0.0973. The summed E-state index contributed by atoms with van der Waals surface area (Å²) < 4.78 is 5.32. The zero-order valence-electron chi connectivity index (χ0n) is 11.2. The van der Waals surface area contributed by atoms with E-state index in [-0.39, 0.29) is 5.54 Å². The van der Waals surface area contributed by atoms with Gasteiger partial charge in [0.15, 0.2) is 0 Å². The van der Waals surface area contributed by atoms with Crippen LogP contribution in [0.15, 0.2) is 0 Å². The molecule has 98 valence electrons. The first-order chi connectivity index (χ1) is 7.99. The third-order valence-electron chi connectivity index (χ3n) is 4.16. The highest BCUT2D eigenvalue weighted by molar-refractivity contribution is 5.76. The van der Waals surface area contributed by atoms with Crippen molar-refractivity contribution in [2.24, 2.45) is 5.92 Å². The van der Waals surface area contributed by atoms with E-state index in [1.165, 1.54) is 0 Å². The van der Waals surface area contributed by atoms with E-state index in [0.717, 1.165) is 39.3 Å². The van der Waals surface area contributed by atoms with Gasteiger partial charge in [-0.25, -0.2) is 0 Å². The molecule has 2 aliphatic heterocycles. The van der Waals surface area contributed by atoms with Gasteiger partial charge in [0.1, 0.15) is 0 Å². The number of piperazine rings is 1. The second-order valence-corrected chi connectivity index (χ2v) is 5.98. The van der Waals surface area contributed by atoms with Crippen LogP contribution in [0.1, 0.15) is 26.7 Å². The molecule has 2 rings (SSSR count). The van der Waals surface area contributed by atoms with Crippen LogP contribution in [0.2, 0.25) is 0 Å². The van der Waals surface area contributed by atoms with Gasteiger partial charge in [0, 0.05) is 44.8 Å². The molecule has 0 radical (unpaired) electrons. The second kappa shape index (κ2) is 4.94. The van der Waals surface area contributed by atoms with Gasteiger partial charge < -0.3 is 9.64 Å². The number of rotatable bonds is 2. The van der Waals surface area contributed by atoms with Crippen molar-refractivity contribution in [3.05, 3.63) is 0 Å². The highest BCUT2D eigenvalue weighted by Crippen LogP contribution is 2.22. The molecule has 0 aromatic rings. The lowest BCUT2D eigenvalue weighted by Gasteiger charge is -2.45. The molecular formula is C13H24N2O2. The van der Waals surface area contributed by atoms with Crippen LogP contribution < -0.4 is 0 Å². The Morgan fingerprint density at radius 2 is 2.18 bits per heavy atom. The van der Waals surface area contributed by atoms with Gasteiger partial charge in [0.05, 0.1) is 0 Å². The van der Waals surface area contributed by atoms with Gasteiger partial charge in [-0.15, -0.1) is 0 Å². The van der Waals surface area contributed by atoms with Crippen molar-refractivity contribution >= 4 is 5.91 Å². The molecule has 0 N–H and O–H groups in total. The summed E-state index contributed by atoms with van der Waals surface area (Å²) in [6.07, 6.45) is 1.71. The van der Waals surface area contributed by atoms with E-state index in [0.29, 0.717) is 18.2 Å². The zero-order chi connectivity index (χ0) is 12.5. The highest BCUT2D eigenvalue weighted by Gasteiger charge is 2.34. The molecular weight excluding hydrogens is 216 g/mol. The van der Waals surface area contributed by atoms with Crippen molar-refractivity contribution in [2.75, 3.05) is 39.9 Å². The number of carbonyl (C=O) groups is 1. The largest absolute Gasteiger partial charge is 0.381 e. The molecule has 1 atom stereocenters. The van der Waals surface area contributed by atoms with Crippen LogP contribution in [0, 0.1) is 5.92 Å². The van der Waals surface area contributed by atoms with Crippen molar-refractivity contribution in [3.8, 4) is 0 Å². The molecule has 1 unspecified atom stereocenters. The predicted octanol–water partition coefficient (Wildman–Crippen LogP) is 0.966. The van der Waals surface area contributed by atoms with Crippen LogP contribution in [0.25, 0.3) is 0 Å². The van der Waals surface area contributed by atoms with Gasteiger partial charge in [-0.2, -0.15) is 0 Å². The van der Waals surface area contributed by atoms with E-state index < -0.39 is 0 Å². The fourth-order valence-electron chi connectivity index (χ4n) is 2.57. The number of hydrogen-bond donors (Lipinski definition) is 0. The monoisotopic (exact) mass is 240 g/mol. The van der Waals surface area contributed by atoms with Crippen molar-refractivity contribution in [1.82, 2.24) is 9.80 Å². The van der Waals surface area contributed by atoms with Gasteiger partial charge in [0.2, 0.25) is 5.91 Å². The van der Waals surface area contributed by atoms with Crippen LogP contribution in [0.5, 0.6) is 0 Å². The average Bonchev–Trinajstić information content (AvgIpc) is 2.74. The molecule has 4 nitrogen and oxygen atoms in total. The van der Waals surface area contributed by atoms with Crippen molar-refractivity contribution in [1.29, 1.82) is 0 Å².